The van der Waals surface area contributed by atoms with Crippen LogP contribution < -0.4 is 14.4 Å². The summed E-state index contributed by atoms with van der Waals surface area (Å²) in [7, 11) is 1.69. The first kappa shape index (κ1) is 17.3. The number of hydrogen-bond donors (Lipinski definition) is 1. The second kappa shape index (κ2) is 6.57. The molecule has 0 fully saturated rings. The third kappa shape index (κ3) is 3.09. The van der Waals surface area contributed by atoms with Crippen LogP contribution in [0.4, 0.5) is 10.1 Å². The summed E-state index contributed by atoms with van der Waals surface area (Å²) in [4.78, 5) is 21.0. The van der Waals surface area contributed by atoms with Gasteiger partial charge < -0.3 is 19.4 Å². The Morgan fingerprint density at radius 3 is 3.00 bits per heavy atom. The summed E-state index contributed by atoms with van der Waals surface area (Å²) in [6, 6.07) is 8.37. The summed E-state index contributed by atoms with van der Waals surface area (Å²) in [5.41, 5.74) is 2.50. The maximum absolute atomic E-state index is 14.4. The van der Waals surface area contributed by atoms with Crippen molar-refractivity contribution in [2.45, 2.75) is 26.4 Å². The molecule has 1 amide bonds. The summed E-state index contributed by atoms with van der Waals surface area (Å²) in [5, 5.41) is 0. The van der Waals surface area contributed by atoms with Gasteiger partial charge in [-0.25, -0.2) is 9.37 Å². The normalized spacial score (nSPS) is 15.9. The lowest BCUT2D eigenvalue weighted by atomic mass is 10.0. The molecular weight excluding hydrogens is 349 g/mol. The predicted molar refractivity (Wildman–Crippen MR) is 99.8 cm³/mol. The van der Waals surface area contributed by atoms with Gasteiger partial charge >= 0.3 is 0 Å². The van der Waals surface area contributed by atoms with Gasteiger partial charge in [0.1, 0.15) is 34.8 Å². The molecule has 6 nitrogen and oxygen atoms in total. The fourth-order valence-corrected chi connectivity index (χ4v) is 3.31. The molecule has 3 aromatic rings. The number of aromatic amines is 1. The van der Waals surface area contributed by atoms with Crippen molar-refractivity contribution >= 4 is 22.6 Å². The van der Waals surface area contributed by atoms with E-state index >= 15 is 0 Å². The minimum Gasteiger partial charge on any atom is -0.493 e. The van der Waals surface area contributed by atoms with Gasteiger partial charge in [0.15, 0.2) is 0 Å². The Balaban J connectivity index is 1.80. The number of aryl methyl sites for hydroxylation is 1. The Kier molecular flexibility index (Phi) is 4.22. The number of halogens is 1. The van der Waals surface area contributed by atoms with Crippen molar-refractivity contribution < 1.29 is 18.7 Å². The number of carbonyl (C=O) groups excluding carboxylic acids is 1. The summed E-state index contributed by atoms with van der Waals surface area (Å²) in [5.74, 6) is 1.28. The van der Waals surface area contributed by atoms with Crippen molar-refractivity contribution in [2.24, 2.45) is 0 Å². The van der Waals surface area contributed by atoms with Gasteiger partial charge in [-0.2, -0.15) is 0 Å². The van der Waals surface area contributed by atoms with E-state index < -0.39 is 6.10 Å². The number of aromatic nitrogens is 2. The van der Waals surface area contributed by atoms with Crippen LogP contribution in [0.5, 0.6) is 11.5 Å². The van der Waals surface area contributed by atoms with Crippen molar-refractivity contribution in [3.8, 4) is 11.5 Å². The molecule has 1 aromatic heterocycles. The highest BCUT2D eigenvalue weighted by Crippen LogP contribution is 2.39. The van der Waals surface area contributed by atoms with Crippen LogP contribution in [0.2, 0.25) is 0 Å². The lowest BCUT2D eigenvalue weighted by Crippen LogP contribution is -2.23. The number of hydrogen-bond acceptors (Lipinski definition) is 4. The quantitative estimate of drug-likeness (QED) is 0.760. The Labute approximate surface area is 155 Å². The number of H-pyrrole nitrogens is 1. The van der Waals surface area contributed by atoms with E-state index in [0.29, 0.717) is 41.3 Å². The van der Waals surface area contributed by atoms with Crippen LogP contribution >= 0.6 is 0 Å². The van der Waals surface area contributed by atoms with Gasteiger partial charge in [0.25, 0.3) is 0 Å². The Hall–Kier alpha value is -3.09. The van der Waals surface area contributed by atoms with E-state index in [9.17, 15) is 9.18 Å². The van der Waals surface area contributed by atoms with Crippen LogP contribution in [0.1, 0.15) is 30.8 Å². The van der Waals surface area contributed by atoms with Gasteiger partial charge in [-0.1, -0.05) is 6.07 Å². The maximum Gasteiger partial charge on any atom is 0.223 e. The van der Waals surface area contributed by atoms with E-state index in [1.165, 1.54) is 17.9 Å². The highest BCUT2D eigenvalue weighted by molar-refractivity contribution is 5.95. The zero-order chi connectivity index (χ0) is 19.1. The van der Waals surface area contributed by atoms with E-state index in [-0.39, 0.29) is 11.7 Å². The summed E-state index contributed by atoms with van der Waals surface area (Å²) in [6.45, 7) is 3.78. The highest BCUT2D eigenvalue weighted by Gasteiger charge is 2.28. The van der Waals surface area contributed by atoms with E-state index in [0.717, 1.165) is 11.3 Å². The topological polar surface area (TPSA) is 67.5 Å². The second-order valence-corrected chi connectivity index (χ2v) is 6.64. The molecule has 0 radical (unpaired) electrons. The SMILES string of the molecule is CC(=O)N(C)c1cc(OC2CCOc3cccc(F)c32)c2nc(C)[nH]c2c1. The van der Waals surface area contributed by atoms with Crippen molar-refractivity contribution in [3.63, 3.8) is 0 Å². The number of nitrogens with one attached hydrogen (secondary N) is 1. The monoisotopic (exact) mass is 369 g/mol. The molecular formula is C20H20FN3O3. The molecule has 0 saturated carbocycles. The van der Waals surface area contributed by atoms with Crippen molar-refractivity contribution in [3.05, 3.63) is 47.5 Å². The third-order valence-corrected chi connectivity index (χ3v) is 4.76. The van der Waals surface area contributed by atoms with Crippen LogP contribution in [0.15, 0.2) is 30.3 Å². The number of fused-ring (bicyclic) bond motifs is 2. The molecule has 4 rings (SSSR count). The molecule has 1 aliphatic rings. The van der Waals surface area contributed by atoms with E-state index in [1.54, 1.807) is 25.2 Å². The highest BCUT2D eigenvalue weighted by atomic mass is 19.1. The van der Waals surface area contributed by atoms with Crippen LogP contribution in [-0.2, 0) is 4.79 Å². The first-order valence-corrected chi connectivity index (χ1v) is 8.76. The van der Waals surface area contributed by atoms with Gasteiger partial charge in [0, 0.05) is 32.1 Å². The lowest BCUT2D eigenvalue weighted by Gasteiger charge is -2.27. The minimum absolute atomic E-state index is 0.0982. The Morgan fingerprint density at radius 1 is 1.41 bits per heavy atom. The van der Waals surface area contributed by atoms with Crippen LogP contribution in [0.3, 0.4) is 0 Å². The fraction of sp³-hybridized carbons (Fsp3) is 0.300. The number of ether oxygens (including phenoxy) is 2. The zero-order valence-electron chi connectivity index (χ0n) is 15.4. The maximum atomic E-state index is 14.4. The molecule has 2 aromatic carbocycles. The van der Waals surface area contributed by atoms with Crippen molar-refractivity contribution in [1.82, 2.24) is 9.97 Å². The number of imidazole rings is 1. The van der Waals surface area contributed by atoms with Gasteiger partial charge in [0.2, 0.25) is 5.91 Å². The smallest absolute Gasteiger partial charge is 0.223 e. The van der Waals surface area contributed by atoms with E-state index in [4.69, 9.17) is 9.47 Å². The number of nitrogens with zero attached hydrogens (tertiary/aromatic N) is 2. The molecule has 0 spiro atoms. The van der Waals surface area contributed by atoms with Crippen LogP contribution in [0.25, 0.3) is 11.0 Å². The summed E-state index contributed by atoms with van der Waals surface area (Å²) in [6.07, 6.45) is 0.0269. The number of anilines is 1. The standard InChI is InChI=1S/C20H20FN3O3/c1-11-22-15-9-13(24(3)12(2)25)10-18(20(15)23-11)27-17-7-8-26-16-6-4-5-14(21)19(16)17/h4-6,9-10,17H,7-8H2,1-3H3,(H,22,23). The van der Waals surface area contributed by atoms with Gasteiger partial charge in [-0.3, -0.25) is 4.79 Å². The van der Waals surface area contributed by atoms with Crippen molar-refractivity contribution in [2.75, 3.05) is 18.6 Å². The minimum atomic E-state index is -0.493. The Bertz CT molecular complexity index is 1030. The predicted octanol–water partition coefficient (Wildman–Crippen LogP) is 3.90. The summed E-state index contributed by atoms with van der Waals surface area (Å²) < 4.78 is 26.2. The molecule has 0 bridgehead atoms. The fourth-order valence-electron chi connectivity index (χ4n) is 3.31. The molecule has 27 heavy (non-hydrogen) atoms. The number of amides is 1. The first-order chi connectivity index (χ1) is 12.9. The first-order valence-electron chi connectivity index (χ1n) is 8.76. The van der Waals surface area contributed by atoms with Gasteiger partial charge in [-0.15, -0.1) is 0 Å². The Morgan fingerprint density at radius 2 is 2.22 bits per heavy atom. The van der Waals surface area contributed by atoms with Gasteiger partial charge in [-0.05, 0) is 25.1 Å². The van der Waals surface area contributed by atoms with E-state index in [1.807, 2.05) is 13.0 Å². The zero-order valence-corrected chi connectivity index (χ0v) is 15.4. The average Bonchev–Trinajstić information content (AvgIpc) is 3.01. The van der Waals surface area contributed by atoms with Crippen molar-refractivity contribution in [1.29, 1.82) is 0 Å². The van der Waals surface area contributed by atoms with Crippen LogP contribution in [0, 0.1) is 12.7 Å². The molecule has 0 aliphatic carbocycles. The number of benzene rings is 2. The third-order valence-electron chi connectivity index (χ3n) is 4.76. The lowest BCUT2D eigenvalue weighted by molar-refractivity contribution is -0.116. The molecule has 1 N–H and O–H groups in total. The molecule has 7 heteroatoms. The average molecular weight is 369 g/mol. The van der Waals surface area contributed by atoms with E-state index in [2.05, 4.69) is 9.97 Å². The summed E-state index contributed by atoms with van der Waals surface area (Å²) >= 11 is 0. The largest absolute Gasteiger partial charge is 0.493 e. The molecule has 1 unspecified atom stereocenters. The number of carbonyl (C=O) groups is 1. The molecule has 140 valence electrons. The number of rotatable bonds is 3. The van der Waals surface area contributed by atoms with Gasteiger partial charge in [0.05, 0.1) is 17.7 Å². The van der Waals surface area contributed by atoms with Crippen LogP contribution in [-0.4, -0.2) is 29.5 Å². The second-order valence-electron chi connectivity index (χ2n) is 6.64. The molecule has 1 atom stereocenters. The molecule has 1 aliphatic heterocycles. The molecule has 0 saturated heterocycles. The molecule has 2 heterocycles.